The van der Waals surface area contributed by atoms with Gasteiger partial charge < -0.3 is 10.1 Å². The number of amides is 2. The normalized spacial score (nSPS) is 16.6. The number of benzene rings is 3. The molecule has 0 aliphatic carbocycles. The molecule has 1 aliphatic heterocycles. The molecule has 1 unspecified atom stereocenters. The van der Waals surface area contributed by atoms with Gasteiger partial charge in [0.2, 0.25) is 5.91 Å². The highest BCUT2D eigenvalue weighted by Gasteiger charge is 2.40. The Bertz CT molecular complexity index is 1240. The summed E-state index contributed by atoms with van der Waals surface area (Å²) < 4.78 is 5.23. The zero-order valence-corrected chi connectivity index (χ0v) is 19.4. The van der Waals surface area contributed by atoms with Gasteiger partial charge in [0.15, 0.2) is 0 Å². The van der Waals surface area contributed by atoms with E-state index >= 15 is 0 Å². The van der Waals surface area contributed by atoms with Crippen LogP contribution in [-0.2, 0) is 22.6 Å². The molecule has 3 aromatic rings. The van der Waals surface area contributed by atoms with E-state index in [2.05, 4.69) is 5.32 Å². The van der Waals surface area contributed by atoms with Gasteiger partial charge in [-0.1, -0.05) is 72.4 Å². The molecule has 2 amide bonds. The maximum atomic E-state index is 13.5. The number of ether oxygens (including phenoxy) is 1. The summed E-state index contributed by atoms with van der Waals surface area (Å²) in [6, 6.07) is 28.2. The van der Waals surface area contributed by atoms with Crippen LogP contribution in [0.2, 0.25) is 0 Å². The molecular formula is C27H23N3O3S. The Labute approximate surface area is 202 Å². The second kappa shape index (κ2) is 10.7. The van der Waals surface area contributed by atoms with Crippen molar-refractivity contribution in [3.05, 3.63) is 107 Å². The quantitative estimate of drug-likeness (QED) is 0.409. The molecule has 0 saturated carbocycles. The van der Waals surface area contributed by atoms with E-state index in [1.807, 2.05) is 66.7 Å². The maximum absolute atomic E-state index is 13.5. The molecule has 0 spiro atoms. The molecule has 1 N–H and O–H groups in total. The van der Waals surface area contributed by atoms with E-state index in [9.17, 15) is 14.9 Å². The topological polar surface area (TPSA) is 82.4 Å². The Morgan fingerprint density at radius 1 is 1.00 bits per heavy atom. The number of anilines is 1. The highest BCUT2D eigenvalue weighted by atomic mass is 32.2. The van der Waals surface area contributed by atoms with Crippen molar-refractivity contribution in [2.24, 2.45) is 0 Å². The number of thioether (sulfide) groups is 1. The van der Waals surface area contributed by atoms with E-state index in [-0.39, 0.29) is 18.0 Å². The van der Waals surface area contributed by atoms with E-state index < -0.39 is 11.2 Å². The Morgan fingerprint density at radius 3 is 2.21 bits per heavy atom. The van der Waals surface area contributed by atoms with Crippen molar-refractivity contribution in [3.63, 3.8) is 0 Å². The first-order valence-electron chi connectivity index (χ1n) is 10.8. The van der Waals surface area contributed by atoms with Crippen molar-refractivity contribution in [3.8, 4) is 11.8 Å². The monoisotopic (exact) mass is 469 g/mol. The van der Waals surface area contributed by atoms with Crippen LogP contribution in [0.3, 0.4) is 0 Å². The summed E-state index contributed by atoms with van der Waals surface area (Å²) in [7, 11) is 1.57. The molecule has 170 valence electrons. The second-order valence-corrected chi connectivity index (χ2v) is 8.82. The van der Waals surface area contributed by atoms with Crippen LogP contribution in [-0.4, -0.2) is 24.2 Å². The zero-order valence-electron chi connectivity index (χ0n) is 18.6. The first kappa shape index (κ1) is 23.1. The molecule has 3 aromatic carbocycles. The zero-order chi connectivity index (χ0) is 23.9. The van der Waals surface area contributed by atoms with E-state index in [1.54, 1.807) is 31.4 Å². The van der Waals surface area contributed by atoms with Gasteiger partial charge in [-0.3, -0.25) is 14.5 Å². The lowest BCUT2D eigenvalue weighted by atomic mass is 10.1. The number of carbonyl (C=O) groups excluding carboxylic acids is 2. The van der Waals surface area contributed by atoms with Crippen molar-refractivity contribution in [2.45, 2.75) is 18.2 Å². The fraction of sp³-hybridized carbons (Fsp3) is 0.148. The molecule has 1 atom stereocenters. The number of nitriles is 1. The van der Waals surface area contributed by atoms with Gasteiger partial charge in [0, 0.05) is 12.2 Å². The maximum Gasteiger partial charge on any atom is 0.264 e. The summed E-state index contributed by atoms with van der Waals surface area (Å²) in [6.45, 7) is 0.284. The van der Waals surface area contributed by atoms with E-state index in [4.69, 9.17) is 4.74 Å². The molecule has 1 fully saturated rings. The lowest BCUT2D eigenvalue weighted by Crippen LogP contribution is -2.32. The highest BCUT2D eigenvalue weighted by molar-refractivity contribution is 8.05. The fourth-order valence-electron chi connectivity index (χ4n) is 3.65. The minimum atomic E-state index is -0.513. The lowest BCUT2D eigenvalue weighted by molar-refractivity contribution is -0.117. The molecule has 0 aromatic heterocycles. The van der Waals surface area contributed by atoms with Gasteiger partial charge in [0.1, 0.15) is 22.4 Å². The second-order valence-electron chi connectivity index (χ2n) is 7.63. The molecule has 7 heteroatoms. The van der Waals surface area contributed by atoms with Crippen LogP contribution in [0.4, 0.5) is 5.69 Å². The average molecular weight is 470 g/mol. The number of hydrogen-bond acceptors (Lipinski definition) is 5. The number of carbonyl (C=O) groups is 2. The van der Waals surface area contributed by atoms with Gasteiger partial charge in [-0.2, -0.15) is 5.26 Å². The fourth-order valence-corrected chi connectivity index (χ4v) is 4.96. The standard InChI is InChI=1S/C27H23N3O3S/c1-33-22-14-12-21(13-15-22)30-26(32)24(16-19-8-4-2-5-9-19)34-27(30)23(17-28)25(31)29-18-20-10-6-3-7-11-20/h2-15,24H,16,18H2,1H3,(H,29,31)/b27-23-. The third-order valence-electron chi connectivity index (χ3n) is 5.40. The summed E-state index contributed by atoms with van der Waals surface area (Å²) in [5, 5.41) is 12.6. The Hall–Kier alpha value is -4.02. The van der Waals surface area contributed by atoms with Gasteiger partial charge in [-0.15, -0.1) is 0 Å². The Kier molecular flexibility index (Phi) is 7.31. The molecule has 34 heavy (non-hydrogen) atoms. The van der Waals surface area contributed by atoms with Crippen LogP contribution < -0.4 is 15.0 Å². The van der Waals surface area contributed by atoms with Gasteiger partial charge >= 0.3 is 0 Å². The number of nitrogens with zero attached hydrogens (tertiary/aromatic N) is 2. The molecule has 0 bridgehead atoms. The van der Waals surface area contributed by atoms with Crippen molar-refractivity contribution in [1.82, 2.24) is 5.32 Å². The predicted octanol–water partition coefficient (Wildman–Crippen LogP) is 4.44. The SMILES string of the molecule is COc1ccc(N2C(=O)C(Cc3ccccc3)S/C2=C(/C#N)C(=O)NCc2ccccc2)cc1. The summed E-state index contributed by atoms with van der Waals surface area (Å²) in [5.41, 5.74) is 2.42. The Balaban J connectivity index is 1.67. The largest absolute Gasteiger partial charge is 0.497 e. The number of methoxy groups -OCH3 is 1. The number of rotatable bonds is 7. The van der Waals surface area contributed by atoms with E-state index in [0.717, 1.165) is 11.1 Å². The van der Waals surface area contributed by atoms with Crippen molar-refractivity contribution in [2.75, 3.05) is 12.0 Å². The molecule has 4 rings (SSSR count). The summed E-state index contributed by atoms with van der Waals surface area (Å²) in [4.78, 5) is 28.0. The molecule has 1 heterocycles. The third-order valence-corrected chi connectivity index (χ3v) is 6.66. The first-order chi connectivity index (χ1) is 16.6. The number of nitrogens with one attached hydrogen (secondary N) is 1. The predicted molar refractivity (Wildman–Crippen MR) is 133 cm³/mol. The van der Waals surface area contributed by atoms with Crippen LogP contribution in [0.1, 0.15) is 11.1 Å². The number of hydrogen-bond donors (Lipinski definition) is 1. The van der Waals surface area contributed by atoms with Crippen molar-refractivity contribution < 1.29 is 14.3 Å². The average Bonchev–Trinajstić information content (AvgIpc) is 3.19. The third kappa shape index (κ3) is 5.13. The molecule has 1 saturated heterocycles. The van der Waals surface area contributed by atoms with E-state index in [0.29, 0.717) is 22.9 Å². The molecular weight excluding hydrogens is 446 g/mol. The summed E-state index contributed by atoms with van der Waals surface area (Å²) in [6.07, 6.45) is 0.491. The van der Waals surface area contributed by atoms with Crippen LogP contribution in [0.25, 0.3) is 0 Å². The van der Waals surface area contributed by atoms with Crippen LogP contribution in [0.5, 0.6) is 5.75 Å². The minimum Gasteiger partial charge on any atom is -0.497 e. The van der Waals surface area contributed by atoms with Crippen LogP contribution in [0.15, 0.2) is 95.5 Å². The molecule has 1 aliphatic rings. The van der Waals surface area contributed by atoms with Crippen molar-refractivity contribution in [1.29, 1.82) is 5.26 Å². The highest BCUT2D eigenvalue weighted by Crippen LogP contribution is 2.42. The van der Waals surface area contributed by atoms with E-state index in [1.165, 1.54) is 16.7 Å². The van der Waals surface area contributed by atoms with Crippen molar-refractivity contribution >= 4 is 29.3 Å². The first-order valence-corrected chi connectivity index (χ1v) is 11.6. The smallest absolute Gasteiger partial charge is 0.264 e. The molecule has 6 nitrogen and oxygen atoms in total. The van der Waals surface area contributed by atoms with Crippen LogP contribution in [0, 0.1) is 11.3 Å². The minimum absolute atomic E-state index is 0.0827. The lowest BCUT2D eigenvalue weighted by Gasteiger charge is -2.19. The van der Waals surface area contributed by atoms with Gasteiger partial charge in [0.05, 0.1) is 12.4 Å². The summed E-state index contributed by atoms with van der Waals surface area (Å²) >= 11 is 1.25. The molecule has 0 radical (unpaired) electrons. The van der Waals surface area contributed by atoms with Gasteiger partial charge in [-0.25, -0.2) is 0 Å². The van der Waals surface area contributed by atoms with Gasteiger partial charge in [0.25, 0.3) is 5.91 Å². The Morgan fingerprint density at radius 2 is 1.62 bits per heavy atom. The summed E-state index contributed by atoms with van der Waals surface area (Å²) in [5.74, 6) is -0.0336. The van der Waals surface area contributed by atoms with Crippen LogP contribution >= 0.6 is 11.8 Å². The van der Waals surface area contributed by atoms with Gasteiger partial charge in [-0.05, 0) is 41.8 Å².